The van der Waals surface area contributed by atoms with Crippen LogP contribution < -0.4 is 10.6 Å². The second kappa shape index (κ2) is 21.7. The summed E-state index contributed by atoms with van der Waals surface area (Å²) in [5.74, 6) is 0. The second-order valence-corrected chi connectivity index (χ2v) is 25.5. The van der Waals surface area contributed by atoms with Crippen LogP contribution in [0.2, 0.25) is 0 Å². The number of halogens is 1. The summed E-state index contributed by atoms with van der Waals surface area (Å²) in [5.41, 5.74) is 6.24. The molecule has 2 N–H and O–H groups in total. The minimum atomic E-state index is -0.451. The number of likely N-dealkylation sites (tertiary alicyclic amines) is 2. The molecule has 16 heteroatoms. The minimum Gasteiger partial charge on any atom is -0.444 e. The Balaban J connectivity index is 0.000000166. The Morgan fingerprint density at radius 1 is 0.694 bits per heavy atom. The van der Waals surface area contributed by atoms with Gasteiger partial charge in [-0.15, -0.1) is 0 Å². The first-order valence-electron chi connectivity index (χ1n) is 26.0. The van der Waals surface area contributed by atoms with Gasteiger partial charge >= 0.3 is 19.3 Å². The molecule has 0 unspecified atom stereocenters. The molecule has 0 bridgehead atoms. The van der Waals surface area contributed by atoms with E-state index in [2.05, 4.69) is 109 Å². The van der Waals surface area contributed by atoms with E-state index in [-0.39, 0.29) is 41.3 Å². The van der Waals surface area contributed by atoms with Crippen LogP contribution in [0.1, 0.15) is 137 Å². The first kappa shape index (κ1) is 55.2. The zero-order chi connectivity index (χ0) is 52.4. The van der Waals surface area contributed by atoms with Gasteiger partial charge in [-0.05, 0) is 214 Å². The number of carbonyl (C=O) groups excluding carboxylic acids is 2. The maximum absolute atomic E-state index is 12.4. The van der Waals surface area contributed by atoms with Crippen LogP contribution in [0.3, 0.4) is 0 Å². The normalized spacial score (nSPS) is 26.6. The van der Waals surface area contributed by atoms with Crippen LogP contribution in [0.4, 0.5) is 21.0 Å². The average molecular weight is 1050 g/mol. The van der Waals surface area contributed by atoms with Crippen molar-refractivity contribution in [2.45, 2.75) is 155 Å². The zero-order valence-electron chi connectivity index (χ0n) is 45.2. The highest BCUT2D eigenvalue weighted by Gasteiger charge is 2.53. The quantitative estimate of drug-likeness (QED) is 0.265. The molecule has 5 aliphatic heterocycles. The van der Waals surface area contributed by atoms with E-state index in [1.807, 2.05) is 81.7 Å². The van der Waals surface area contributed by atoms with Gasteiger partial charge in [0, 0.05) is 80.3 Å². The maximum Gasteiger partial charge on any atom is 0.490 e. The number of carbonyl (C=O) groups is 2. The summed E-state index contributed by atoms with van der Waals surface area (Å²) in [5, 5.41) is 25.7. The Kier molecular flexibility index (Phi) is 16.6. The van der Waals surface area contributed by atoms with Crippen molar-refractivity contribution in [3.8, 4) is 12.1 Å². The van der Waals surface area contributed by atoms with Gasteiger partial charge in [-0.3, -0.25) is 0 Å². The highest BCUT2D eigenvalue weighted by Crippen LogP contribution is 2.51. The second-order valence-electron chi connectivity index (χ2n) is 24.6. The summed E-state index contributed by atoms with van der Waals surface area (Å²) >= 11 is 3.42. The fraction of sp³-hybridized carbons (Fsp3) is 0.643. The van der Waals surface area contributed by atoms with E-state index in [0.717, 1.165) is 131 Å². The molecule has 2 spiro atoms. The van der Waals surface area contributed by atoms with Crippen molar-refractivity contribution in [3.63, 3.8) is 0 Å². The van der Waals surface area contributed by atoms with Crippen molar-refractivity contribution in [1.82, 2.24) is 19.6 Å². The Morgan fingerprint density at radius 3 is 1.57 bits per heavy atom. The van der Waals surface area contributed by atoms with Gasteiger partial charge in [-0.1, -0.05) is 12.2 Å². The molecule has 2 aromatic rings. The van der Waals surface area contributed by atoms with Crippen LogP contribution in [-0.2, 0) is 18.8 Å². The summed E-state index contributed by atoms with van der Waals surface area (Å²) < 4.78 is 23.9. The maximum atomic E-state index is 12.4. The molecule has 2 aromatic carbocycles. The number of amides is 2. The number of rotatable bonds is 6. The van der Waals surface area contributed by atoms with Gasteiger partial charge in [-0.25, -0.2) is 9.59 Å². The lowest BCUT2D eigenvalue weighted by atomic mass is 9.65. The van der Waals surface area contributed by atoms with Crippen LogP contribution in [0, 0.1) is 33.5 Å². The molecule has 390 valence electrons. The predicted octanol–water partition coefficient (Wildman–Crippen LogP) is 10.9. The highest BCUT2D eigenvalue weighted by molar-refractivity contribution is 9.10. The number of nitriles is 2. The zero-order valence-corrected chi connectivity index (χ0v) is 46.8. The number of likely N-dealkylation sites (N-methyl/N-ethyl adjacent to an activating group) is 2. The van der Waals surface area contributed by atoms with Crippen molar-refractivity contribution >= 4 is 52.2 Å². The summed E-state index contributed by atoms with van der Waals surface area (Å²) in [7, 11) is 4.12. The summed E-state index contributed by atoms with van der Waals surface area (Å²) in [4.78, 5) is 32.9. The lowest BCUT2D eigenvalue weighted by Crippen LogP contribution is -2.47. The number of hydrogen-bond donors (Lipinski definition) is 2. The monoisotopic (exact) mass is 1050 g/mol. The number of nitrogens with zero attached hydrogens (tertiary/aromatic N) is 6. The third-order valence-corrected chi connectivity index (χ3v) is 16.3. The van der Waals surface area contributed by atoms with E-state index < -0.39 is 11.2 Å². The van der Waals surface area contributed by atoms with Crippen molar-refractivity contribution in [2.75, 3.05) is 77.1 Å². The van der Waals surface area contributed by atoms with Crippen molar-refractivity contribution < 1.29 is 28.4 Å². The molecule has 0 radical (unpaired) electrons. The van der Waals surface area contributed by atoms with E-state index in [1.165, 1.54) is 11.0 Å². The van der Waals surface area contributed by atoms with Gasteiger partial charge in [-0.2, -0.15) is 10.5 Å². The molecule has 2 saturated carbocycles. The minimum absolute atomic E-state index is 0.140. The summed E-state index contributed by atoms with van der Waals surface area (Å²) in [6, 6.07) is 17.1. The fourth-order valence-electron chi connectivity index (χ4n) is 10.9. The van der Waals surface area contributed by atoms with Crippen molar-refractivity contribution in [1.29, 1.82) is 10.5 Å². The Hall–Kier alpha value is -4.58. The smallest absolute Gasteiger partial charge is 0.444 e. The van der Waals surface area contributed by atoms with Crippen molar-refractivity contribution in [2.24, 2.45) is 10.8 Å². The van der Waals surface area contributed by atoms with Crippen LogP contribution in [0.25, 0.3) is 5.57 Å². The molecule has 72 heavy (non-hydrogen) atoms. The Bertz CT molecular complexity index is 2440. The first-order valence-corrected chi connectivity index (χ1v) is 26.8. The van der Waals surface area contributed by atoms with E-state index in [0.29, 0.717) is 17.6 Å². The Labute approximate surface area is 439 Å². The van der Waals surface area contributed by atoms with Gasteiger partial charge in [0.2, 0.25) is 0 Å². The van der Waals surface area contributed by atoms with Gasteiger partial charge in [0.15, 0.2) is 0 Å². The molecule has 5 heterocycles. The van der Waals surface area contributed by atoms with E-state index in [1.54, 1.807) is 0 Å². The molecule has 0 atom stereocenters. The number of anilines is 2. The highest BCUT2D eigenvalue weighted by atomic mass is 79.9. The number of ether oxygens (including phenoxy) is 2. The van der Waals surface area contributed by atoms with Crippen molar-refractivity contribution in [3.05, 3.63) is 75.2 Å². The summed E-state index contributed by atoms with van der Waals surface area (Å²) in [6.45, 7) is 27.0. The van der Waals surface area contributed by atoms with Gasteiger partial charge in [0.05, 0.1) is 28.4 Å². The van der Waals surface area contributed by atoms with Crippen LogP contribution >= 0.6 is 15.9 Å². The predicted molar refractivity (Wildman–Crippen MR) is 289 cm³/mol. The molecular weight excluding hydrogens is 971 g/mol. The molecular formula is C56H80BBrN8O6. The first-order chi connectivity index (χ1) is 33.7. The topological polar surface area (TPSA) is 156 Å². The fourth-order valence-corrected chi connectivity index (χ4v) is 11.3. The SMILES string of the molecule is CC(C)(C)OC(=O)N1CCC2(CC(Nc3ccc(C#N)c(Br)c3)C2)C1.CN1CC=C(B2OC(C)(C)C(C)(C)O2)CC1.CN1CC=C(c2cc(NC3CC4(CCN(C(=O)OC(C)(C)C)C4)C3)ccc2C#N)CC1. The largest absolute Gasteiger partial charge is 0.490 e. The van der Waals surface area contributed by atoms with Gasteiger partial charge in [0.1, 0.15) is 17.3 Å². The van der Waals surface area contributed by atoms with Crippen LogP contribution in [0.5, 0.6) is 0 Å². The molecule has 3 saturated heterocycles. The summed E-state index contributed by atoms with van der Waals surface area (Å²) in [6.07, 6.45) is 12.5. The third-order valence-electron chi connectivity index (χ3n) is 15.6. The molecule has 9 rings (SSSR count). The van der Waals surface area contributed by atoms with E-state index in [9.17, 15) is 14.9 Å². The lowest BCUT2D eigenvalue weighted by Gasteiger charge is -2.45. The van der Waals surface area contributed by atoms with E-state index in [4.69, 9.17) is 24.0 Å². The standard InChI is InChI=1S/C25H34N4O2.C19H24BrN3O2.C12H22BNO2/c1-24(2,3)31-23(30)29-12-9-25(17-29)14-21(15-25)27-20-6-5-19(16-26)22(13-20)18-7-10-28(4)11-8-18;1-18(2,3)25-17(24)23-7-6-19(12-23)9-15(10-19)22-14-5-4-13(11-21)16(20)8-14;1-11(2)12(3,4)16-13(15-11)10-6-8-14(5)9-7-10/h5-7,13,21,27H,8-12,14-15,17H2,1-4H3;4-5,8,15,22H,6-7,9-10,12H2,1-3H3;6H,7-9H2,1-5H3. The molecule has 2 amide bonds. The molecule has 7 aliphatic rings. The lowest BCUT2D eigenvalue weighted by molar-refractivity contribution is 0.00578. The third kappa shape index (κ3) is 13.8. The Morgan fingerprint density at radius 2 is 1.15 bits per heavy atom. The number of nitrogens with one attached hydrogen (secondary N) is 2. The molecule has 2 aliphatic carbocycles. The molecule has 5 fully saturated rings. The molecule has 0 aromatic heterocycles. The van der Waals surface area contributed by atoms with Crippen LogP contribution in [0.15, 0.2) is 58.5 Å². The van der Waals surface area contributed by atoms with Gasteiger partial charge in [0.25, 0.3) is 0 Å². The number of benzene rings is 2. The van der Waals surface area contributed by atoms with Crippen LogP contribution in [-0.4, -0.2) is 140 Å². The number of hydrogen-bond acceptors (Lipinski definition) is 12. The van der Waals surface area contributed by atoms with E-state index >= 15 is 0 Å². The average Bonchev–Trinajstić information content (AvgIpc) is 3.98. The molecule has 14 nitrogen and oxygen atoms in total. The van der Waals surface area contributed by atoms with Gasteiger partial charge < -0.3 is 49.0 Å².